The van der Waals surface area contributed by atoms with E-state index >= 15 is 0 Å². The second-order valence-electron chi connectivity index (χ2n) is 6.47. The van der Waals surface area contributed by atoms with Crippen molar-refractivity contribution < 1.29 is 19.1 Å². The minimum Gasteiger partial charge on any atom is -0.486 e. The Labute approximate surface area is 147 Å². The van der Waals surface area contributed by atoms with Crippen LogP contribution in [-0.2, 0) is 9.59 Å². The maximum Gasteiger partial charge on any atom is 0.234 e. The molecule has 1 N–H and O–H groups in total. The average Bonchev–Trinajstić information content (AvgIpc) is 2.61. The van der Waals surface area contributed by atoms with Crippen LogP contribution in [0.25, 0.3) is 0 Å². The molecule has 1 fully saturated rings. The summed E-state index contributed by atoms with van der Waals surface area (Å²) in [5, 5.41) is 3.03. The third kappa shape index (κ3) is 4.42. The van der Waals surface area contributed by atoms with Crippen molar-refractivity contribution in [2.24, 2.45) is 0 Å². The molecule has 0 unspecified atom stereocenters. The minimum absolute atomic E-state index is 0.0151. The molecule has 7 nitrogen and oxygen atoms in total. The number of hydrogen-bond donors (Lipinski definition) is 1. The molecule has 0 saturated carbocycles. The highest BCUT2D eigenvalue weighted by Crippen LogP contribution is 2.32. The van der Waals surface area contributed by atoms with E-state index in [4.69, 9.17) is 9.47 Å². The molecule has 2 aliphatic rings. The highest BCUT2D eigenvalue weighted by molar-refractivity contribution is 5.78. The molecule has 2 heterocycles. The Kier molecular flexibility index (Phi) is 5.43. The van der Waals surface area contributed by atoms with Crippen LogP contribution in [0.4, 0.5) is 0 Å². The summed E-state index contributed by atoms with van der Waals surface area (Å²) in [5.41, 5.74) is 0.985. The van der Waals surface area contributed by atoms with Gasteiger partial charge in [-0.25, -0.2) is 0 Å². The molecule has 1 aromatic rings. The Bertz CT molecular complexity index is 641. The van der Waals surface area contributed by atoms with Crippen molar-refractivity contribution in [3.63, 3.8) is 0 Å². The van der Waals surface area contributed by atoms with Crippen molar-refractivity contribution >= 4 is 11.8 Å². The fraction of sp³-hybridized carbons (Fsp3) is 0.556. The van der Waals surface area contributed by atoms with Gasteiger partial charge in [-0.1, -0.05) is 6.07 Å². The van der Waals surface area contributed by atoms with Crippen LogP contribution >= 0.6 is 0 Å². The second-order valence-corrected chi connectivity index (χ2v) is 6.47. The van der Waals surface area contributed by atoms with E-state index in [0.717, 1.165) is 30.2 Å². The maximum absolute atomic E-state index is 12.3. The van der Waals surface area contributed by atoms with E-state index in [-0.39, 0.29) is 17.9 Å². The number of piperazine rings is 1. The lowest BCUT2D eigenvalue weighted by Crippen LogP contribution is -2.50. The van der Waals surface area contributed by atoms with Gasteiger partial charge in [0.1, 0.15) is 13.2 Å². The first-order valence-electron chi connectivity index (χ1n) is 8.69. The number of nitrogens with zero attached hydrogens (tertiary/aromatic N) is 2. The zero-order valence-electron chi connectivity index (χ0n) is 14.8. The van der Waals surface area contributed by atoms with Crippen molar-refractivity contribution in [1.29, 1.82) is 0 Å². The Morgan fingerprint density at radius 1 is 1.12 bits per heavy atom. The molecule has 0 aromatic heterocycles. The Morgan fingerprint density at radius 3 is 2.48 bits per heavy atom. The van der Waals surface area contributed by atoms with E-state index in [1.165, 1.54) is 0 Å². The lowest BCUT2D eigenvalue weighted by Gasteiger charge is -2.33. The number of fused-ring (bicyclic) bond motifs is 1. The third-order valence-electron chi connectivity index (χ3n) is 4.63. The van der Waals surface area contributed by atoms with Crippen LogP contribution in [0, 0.1) is 0 Å². The average molecular weight is 347 g/mol. The van der Waals surface area contributed by atoms with Crippen LogP contribution in [0.1, 0.15) is 25.5 Å². The number of amides is 2. The van der Waals surface area contributed by atoms with Gasteiger partial charge in [0.25, 0.3) is 0 Å². The molecule has 0 bridgehead atoms. The number of benzene rings is 1. The topological polar surface area (TPSA) is 71.1 Å². The fourth-order valence-corrected chi connectivity index (χ4v) is 3.12. The lowest BCUT2D eigenvalue weighted by molar-refractivity contribution is -0.131. The summed E-state index contributed by atoms with van der Waals surface area (Å²) in [5.74, 6) is 1.55. The number of nitrogens with one attached hydrogen (secondary N) is 1. The number of ether oxygens (including phenoxy) is 2. The van der Waals surface area contributed by atoms with Crippen LogP contribution in [0.3, 0.4) is 0 Å². The zero-order chi connectivity index (χ0) is 17.8. The molecule has 1 aromatic carbocycles. The summed E-state index contributed by atoms with van der Waals surface area (Å²) in [6.45, 7) is 7.81. The van der Waals surface area contributed by atoms with Gasteiger partial charge < -0.3 is 19.7 Å². The summed E-state index contributed by atoms with van der Waals surface area (Å²) in [7, 11) is 0. The van der Waals surface area contributed by atoms with Crippen molar-refractivity contribution in [2.75, 3.05) is 45.9 Å². The van der Waals surface area contributed by atoms with Gasteiger partial charge in [0.2, 0.25) is 11.8 Å². The monoisotopic (exact) mass is 347 g/mol. The van der Waals surface area contributed by atoms with Gasteiger partial charge in [-0.05, 0) is 24.6 Å². The normalized spacial score (nSPS) is 18.6. The molecular formula is C18H25N3O4. The molecule has 136 valence electrons. The van der Waals surface area contributed by atoms with Crippen LogP contribution < -0.4 is 14.8 Å². The minimum atomic E-state index is -0.109. The maximum atomic E-state index is 12.3. The van der Waals surface area contributed by atoms with Gasteiger partial charge in [0.15, 0.2) is 11.5 Å². The molecule has 3 rings (SSSR count). The SMILES string of the molecule is CC(=O)N1CCN(CC(=O)N[C@H](C)c2ccc3c(c2)OCCO3)CC1. The van der Waals surface area contributed by atoms with E-state index in [2.05, 4.69) is 10.2 Å². The van der Waals surface area contributed by atoms with Crippen molar-refractivity contribution in [3.8, 4) is 11.5 Å². The van der Waals surface area contributed by atoms with Gasteiger partial charge in [-0.2, -0.15) is 0 Å². The van der Waals surface area contributed by atoms with Gasteiger partial charge >= 0.3 is 0 Å². The highest BCUT2D eigenvalue weighted by Gasteiger charge is 2.21. The molecular weight excluding hydrogens is 322 g/mol. The van der Waals surface area contributed by atoms with Crippen LogP contribution in [0.5, 0.6) is 11.5 Å². The summed E-state index contributed by atoms with van der Waals surface area (Å²) in [4.78, 5) is 27.5. The Morgan fingerprint density at radius 2 is 1.80 bits per heavy atom. The molecule has 1 atom stereocenters. The van der Waals surface area contributed by atoms with Gasteiger partial charge in [0.05, 0.1) is 12.6 Å². The van der Waals surface area contributed by atoms with E-state index in [1.807, 2.05) is 30.0 Å². The van der Waals surface area contributed by atoms with E-state index in [0.29, 0.717) is 32.8 Å². The number of carbonyl (C=O) groups is 2. The Balaban J connectivity index is 1.50. The molecule has 2 aliphatic heterocycles. The highest BCUT2D eigenvalue weighted by atomic mass is 16.6. The second kappa shape index (κ2) is 7.74. The smallest absolute Gasteiger partial charge is 0.234 e. The molecule has 7 heteroatoms. The fourth-order valence-electron chi connectivity index (χ4n) is 3.12. The van der Waals surface area contributed by atoms with Gasteiger partial charge in [-0.15, -0.1) is 0 Å². The molecule has 1 saturated heterocycles. The van der Waals surface area contributed by atoms with Crippen molar-refractivity contribution in [1.82, 2.24) is 15.1 Å². The lowest BCUT2D eigenvalue weighted by atomic mass is 10.1. The largest absolute Gasteiger partial charge is 0.486 e. The number of rotatable bonds is 4. The summed E-state index contributed by atoms with van der Waals surface area (Å²) in [6, 6.07) is 5.64. The third-order valence-corrected chi connectivity index (χ3v) is 4.63. The number of carbonyl (C=O) groups excluding carboxylic acids is 2. The summed E-state index contributed by atoms with van der Waals surface area (Å²) in [6.07, 6.45) is 0. The Hall–Kier alpha value is -2.28. The molecule has 0 spiro atoms. The van der Waals surface area contributed by atoms with Crippen LogP contribution in [-0.4, -0.2) is 67.6 Å². The van der Waals surface area contributed by atoms with Gasteiger partial charge in [-0.3, -0.25) is 14.5 Å². The first-order valence-corrected chi connectivity index (χ1v) is 8.69. The van der Waals surface area contributed by atoms with Crippen LogP contribution in [0.15, 0.2) is 18.2 Å². The quantitative estimate of drug-likeness (QED) is 0.872. The first kappa shape index (κ1) is 17.5. The molecule has 2 amide bonds. The number of hydrogen-bond acceptors (Lipinski definition) is 5. The predicted molar refractivity (Wildman–Crippen MR) is 92.7 cm³/mol. The van der Waals surface area contributed by atoms with Crippen molar-refractivity contribution in [3.05, 3.63) is 23.8 Å². The zero-order valence-corrected chi connectivity index (χ0v) is 14.8. The standard InChI is InChI=1S/C18H25N3O4/c1-13(15-3-4-16-17(11-15)25-10-9-24-16)19-18(23)12-20-5-7-21(8-6-20)14(2)22/h3-4,11,13H,5-10,12H2,1-2H3,(H,19,23)/t13-/m1/s1. The summed E-state index contributed by atoms with van der Waals surface area (Å²) >= 11 is 0. The molecule has 0 aliphatic carbocycles. The first-order chi connectivity index (χ1) is 12.0. The van der Waals surface area contributed by atoms with Crippen molar-refractivity contribution in [2.45, 2.75) is 19.9 Å². The van der Waals surface area contributed by atoms with E-state index < -0.39 is 0 Å². The molecule has 25 heavy (non-hydrogen) atoms. The molecule has 0 radical (unpaired) electrons. The predicted octanol–water partition coefficient (Wildman–Crippen LogP) is 0.799. The van der Waals surface area contributed by atoms with Gasteiger partial charge in [0, 0.05) is 33.1 Å². The van der Waals surface area contributed by atoms with Crippen LogP contribution in [0.2, 0.25) is 0 Å². The summed E-state index contributed by atoms with van der Waals surface area (Å²) < 4.78 is 11.1. The van der Waals surface area contributed by atoms with E-state index in [9.17, 15) is 9.59 Å². The van der Waals surface area contributed by atoms with E-state index in [1.54, 1.807) is 6.92 Å².